The van der Waals surface area contributed by atoms with E-state index in [1.807, 2.05) is 30.7 Å². The molecule has 1 atom stereocenters. The molecule has 1 aliphatic rings. The molecule has 1 fully saturated rings. The smallest absolute Gasteiger partial charge is 0.211 e. The van der Waals surface area contributed by atoms with Crippen LogP contribution in [-0.4, -0.2) is 51.8 Å². The highest BCUT2D eigenvalue weighted by atomic mass is 32.2. The predicted molar refractivity (Wildman–Crippen MR) is 87.4 cm³/mol. The van der Waals surface area contributed by atoms with Gasteiger partial charge in [-0.25, -0.2) is 22.7 Å². The molecular weight excluding hydrogens is 314 g/mol. The molecule has 0 bridgehead atoms. The Morgan fingerprint density at radius 3 is 2.78 bits per heavy atom. The van der Waals surface area contributed by atoms with Gasteiger partial charge < -0.3 is 0 Å². The van der Waals surface area contributed by atoms with Crippen LogP contribution in [0.2, 0.25) is 0 Å². The van der Waals surface area contributed by atoms with Crippen molar-refractivity contribution in [2.45, 2.75) is 32.7 Å². The van der Waals surface area contributed by atoms with E-state index >= 15 is 0 Å². The Kier molecular flexibility index (Phi) is 4.20. The first-order chi connectivity index (χ1) is 10.9. The minimum absolute atomic E-state index is 0.0429. The molecular formula is C15H21N5O2S. The molecule has 8 heteroatoms. The molecule has 0 N–H and O–H groups in total. The van der Waals surface area contributed by atoms with E-state index in [1.54, 1.807) is 6.20 Å². The number of aromatic nitrogens is 4. The van der Waals surface area contributed by atoms with E-state index in [4.69, 9.17) is 0 Å². The molecule has 1 saturated heterocycles. The van der Waals surface area contributed by atoms with Gasteiger partial charge in [-0.1, -0.05) is 0 Å². The summed E-state index contributed by atoms with van der Waals surface area (Å²) in [6, 6.07) is 3.88. The lowest BCUT2D eigenvalue weighted by molar-refractivity contribution is 0.476. The van der Waals surface area contributed by atoms with Crippen LogP contribution in [0.4, 0.5) is 0 Å². The third-order valence-corrected chi connectivity index (χ3v) is 5.40. The highest BCUT2D eigenvalue weighted by molar-refractivity contribution is 7.88. The Bertz CT molecular complexity index is 815. The lowest BCUT2D eigenvalue weighted by Crippen LogP contribution is -2.27. The van der Waals surface area contributed by atoms with Crippen molar-refractivity contribution in [2.75, 3.05) is 19.3 Å². The first-order valence-electron chi connectivity index (χ1n) is 7.71. The van der Waals surface area contributed by atoms with E-state index in [2.05, 4.69) is 15.1 Å². The van der Waals surface area contributed by atoms with Crippen molar-refractivity contribution < 1.29 is 8.42 Å². The van der Waals surface area contributed by atoms with Gasteiger partial charge in [0.1, 0.15) is 5.82 Å². The van der Waals surface area contributed by atoms with Crippen LogP contribution in [0.1, 0.15) is 30.8 Å². The second-order valence-electron chi connectivity index (χ2n) is 5.89. The van der Waals surface area contributed by atoms with Crippen molar-refractivity contribution in [3.63, 3.8) is 0 Å². The third kappa shape index (κ3) is 3.28. The zero-order valence-electron chi connectivity index (χ0n) is 13.6. The number of rotatable bonds is 4. The average Bonchev–Trinajstić information content (AvgIpc) is 3.15. The summed E-state index contributed by atoms with van der Waals surface area (Å²) in [5.41, 5.74) is 2.67. The van der Waals surface area contributed by atoms with Gasteiger partial charge in [0.15, 0.2) is 0 Å². The second-order valence-corrected chi connectivity index (χ2v) is 7.87. The van der Waals surface area contributed by atoms with Gasteiger partial charge in [-0.05, 0) is 32.4 Å². The zero-order valence-corrected chi connectivity index (χ0v) is 14.4. The Balaban J connectivity index is 1.93. The van der Waals surface area contributed by atoms with Gasteiger partial charge >= 0.3 is 0 Å². The first kappa shape index (κ1) is 16.1. The molecule has 2 aromatic rings. The summed E-state index contributed by atoms with van der Waals surface area (Å²) >= 11 is 0. The molecule has 23 heavy (non-hydrogen) atoms. The molecule has 7 nitrogen and oxygen atoms in total. The van der Waals surface area contributed by atoms with Crippen molar-refractivity contribution in [2.24, 2.45) is 0 Å². The normalized spacial score (nSPS) is 19.3. The van der Waals surface area contributed by atoms with E-state index in [0.717, 1.165) is 35.9 Å². The van der Waals surface area contributed by atoms with Gasteiger partial charge in [-0.2, -0.15) is 5.10 Å². The van der Waals surface area contributed by atoms with Crippen molar-refractivity contribution in [1.82, 2.24) is 24.1 Å². The average molecular weight is 335 g/mol. The summed E-state index contributed by atoms with van der Waals surface area (Å²) in [7, 11) is -3.15. The Morgan fingerprint density at radius 1 is 1.35 bits per heavy atom. The monoisotopic (exact) mass is 335 g/mol. The minimum atomic E-state index is -3.15. The van der Waals surface area contributed by atoms with Crippen LogP contribution < -0.4 is 0 Å². The molecule has 0 spiro atoms. The number of sulfonamides is 1. The molecule has 3 heterocycles. The molecule has 0 unspecified atom stereocenters. The van der Waals surface area contributed by atoms with Gasteiger partial charge in [0.25, 0.3) is 0 Å². The van der Waals surface area contributed by atoms with Crippen LogP contribution in [0.3, 0.4) is 0 Å². The van der Waals surface area contributed by atoms with Gasteiger partial charge in [-0.15, -0.1) is 0 Å². The number of aryl methyl sites for hydroxylation is 2. The molecule has 124 valence electrons. The van der Waals surface area contributed by atoms with E-state index < -0.39 is 10.0 Å². The second kappa shape index (κ2) is 6.01. The van der Waals surface area contributed by atoms with Gasteiger partial charge in [0.05, 0.1) is 17.6 Å². The van der Waals surface area contributed by atoms with Crippen LogP contribution in [-0.2, 0) is 16.6 Å². The fourth-order valence-corrected chi connectivity index (χ4v) is 3.84. The summed E-state index contributed by atoms with van der Waals surface area (Å²) in [5.74, 6) is 0.761. The van der Waals surface area contributed by atoms with Crippen LogP contribution in [0.15, 0.2) is 18.3 Å². The van der Waals surface area contributed by atoms with Crippen molar-refractivity contribution in [3.05, 3.63) is 29.8 Å². The molecule has 0 aromatic carbocycles. The third-order valence-electron chi connectivity index (χ3n) is 4.14. The Morgan fingerprint density at radius 2 is 2.13 bits per heavy atom. The SMILES string of the molecule is CCn1nccc1-c1cc(C)nc([C@H]2CCN(S(C)(=O)=O)C2)n1. The summed E-state index contributed by atoms with van der Waals surface area (Å²) in [5, 5.41) is 4.28. The minimum Gasteiger partial charge on any atom is -0.264 e. The summed E-state index contributed by atoms with van der Waals surface area (Å²) < 4.78 is 26.8. The molecule has 3 rings (SSSR count). The molecule has 0 radical (unpaired) electrons. The Hall–Kier alpha value is -1.80. The van der Waals surface area contributed by atoms with Crippen molar-refractivity contribution in [3.8, 4) is 11.4 Å². The fourth-order valence-electron chi connectivity index (χ4n) is 2.95. The lowest BCUT2D eigenvalue weighted by Gasteiger charge is -2.14. The van der Waals surface area contributed by atoms with E-state index in [1.165, 1.54) is 10.6 Å². The maximum Gasteiger partial charge on any atom is 0.211 e. The Labute approximate surface area is 136 Å². The van der Waals surface area contributed by atoms with Crippen LogP contribution >= 0.6 is 0 Å². The number of nitrogens with zero attached hydrogens (tertiary/aromatic N) is 5. The maximum absolute atomic E-state index is 11.7. The largest absolute Gasteiger partial charge is 0.264 e. The summed E-state index contributed by atoms with van der Waals surface area (Å²) in [4.78, 5) is 9.23. The van der Waals surface area contributed by atoms with Gasteiger partial charge in [0.2, 0.25) is 10.0 Å². The van der Waals surface area contributed by atoms with Crippen molar-refractivity contribution >= 4 is 10.0 Å². The standard InChI is InChI=1S/C15H21N5O2S/c1-4-20-14(5-7-16-20)13-9-11(2)17-15(18-13)12-6-8-19(10-12)23(3,21)22/h5,7,9,12H,4,6,8,10H2,1-3H3/t12-/m0/s1. The maximum atomic E-state index is 11.7. The highest BCUT2D eigenvalue weighted by Gasteiger charge is 2.31. The van der Waals surface area contributed by atoms with Gasteiger partial charge in [-0.3, -0.25) is 4.68 Å². The first-order valence-corrected chi connectivity index (χ1v) is 9.56. The van der Waals surface area contributed by atoms with Gasteiger partial charge in [0, 0.05) is 37.4 Å². The fraction of sp³-hybridized carbons (Fsp3) is 0.533. The lowest BCUT2D eigenvalue weighted by atomic mass is 10.1. The van der Waals surface area contributed by atoms with E-state index in [0.29, 0.717) is 13.1 Å². The topological polar surface area (TPSA) is 81.0 Å². The molecule has 2 aromatic heterocycles. The quantitative estimate of drug-likeness (QED) is 0.844. The number of hydrogen-bond acceptors (Lipinski definition) is 5. The predicted octanol–water partition coefficient (Wildman–Crippen LogP) is 1.42. The molecule has 0 aliphatic carbocycles. The van der Waals surface area contributed by atoms with Crippen LogP contribution in [0.25, 0.3) is 11.4 Å². The number of hydrogen-bond donors (Lipinski definition) is 0. The van der Waals surface area contributed by atoms with E-state index in [-0.39, 0.29) is 5.92 Å². The summed E-state index contributed by atoms with van der Waals surface area (Å²) in [6.07, 6.45) is 3.76. The van der Waals surface area contributed by atoms with Crippen molar-refractivity contribution in [1.29, 1.82) is 0 Å². The zero-order chi connectivity index (χ0) is 16.6. The van der Waals surface area contributed by atoms with Crippen LogP contribution in [0.5, 0.6) is 0 Å². The van der Waals surface area contributed by atoms with Crippen LogP contribution in [0, 0.1) is 6.92 Å². The highest BCUT2D eigenvalue weighted by Crippen LogP contribution is 2.28. The van der Waals surface area contributed by atoms with E-state index in [9.17, 15) is 8.42 Å². The summed E-state index contributed by atoms with van der Waals surface area (Å²) in [6.45, 7) is 5.72. The molecule has 0 amide bonds. The molecule has 0 saturated carbocycles. The molecule has 1 aliphatic heterocycles.